The Bertz CT molecular complexity index is 387. The van der Waals surface area contributed by atoms with E-state index in [0.717, 1.165) is 25.7 Å². The highest BCUT2D eigenvalue weighted by Crippen LogP contribution is 2.46. The predicted octanol–water partition coefficient (Wildman–Crippen LogP) is 3.93. The van der Waals surface area contributed by atoms with Gasteiger partial charge in [0.15, 0.2) is 0 Å². The Kier molecular flexibility index (Phi) is 4.20. The Labute approximate surface area is 129 Å². The lowest BCUT2D eigenvalue weighted by molar-refractivity contribution is -0.171. The van der Waals surface area contributed by atoms with Crippen LogP contribution in [0.15, 0.2) is 0 Å². The van der Waals surface area contributed by atoms with Crippen LogP contribution in [0.3, 0.4) is 0 Å². The van der Waals surface area contributed by atoms with Gasteiger partial charge < -0.3 is 9.84 Å². The largest absolute Gasteiger partial charge is 0.462 e. The van der Waals surface area contributed by atoms with Crippen molar-refractivity contribution >= 4 is 5.97 Å². The maximum absolute atomic E-state index is 12.6. The molecule has 0 aromatic carbocycles. The smallest absolute Gasteiger partial charge is 0.312 e. The van der Waals surface area contributed by atoms with Crippen LogP contribution >= 0.6 is 0 Å². The van der Waals surface area contributed by atoms with Gasteiger partial charge in [0.05, 0.1) is 11.0 Å². The summed E-state index contributed by atoms with van der Waals surface area (Å²) in [7, 11) is 0. The number of carbonyl (C=O) groups excluding carboxylic acids is 1. The van der Waals surface area contributed by atoms with Crippen LogP contribution in [0.25, 0.3) is 0 Å². The van der Waals surface area contributed by atoms with Crippen molar-refractivity contribution in [1.29, 1.82) is 0 Å². The summed E-state index contributed by atoms with van der Waals surface area (Å²) in [6.45, 7) is 12.2. The molecule has 2 bridgehead atoms. The highest BCUT2D eigenvalue weighted by atomic mass is 16.5. The molecule has 2 fully saturated rings. The molecule has 0 spiro atoms. The van der Waals surface area contributed by atoms with Crippen molar-refractivity contribution in [1.82, 2.24) is 0 Å². The molecule has 0 radical (unpaired) electrons. The van der Waals surface area contributed by atoms with Gasteiger partial charge in [-0.1, -0.05) is 20.8 Å². The number of ether oxygens (including phenoxy) is 1. The number of rotatable bonds is 2. The van der Waals surface area contributed by atoms with Gasteiger partial charge in [-0.25, -0.2) is 0 Å². The van der Waals surface area contributed by atoms with Gasteiger partial charge in [-0.15, -0.1) is 0 Å². The minimum absolute atomic E-state index is 0.0407. The lowest BCUT2D eigenvalue weighted by Gasteiger charge is -2.46. The van der Waals surface area contributed by atoms with Gasteiger partial charge >= 0.3 is 5.97 Å². The van der Waals surface area contributed by atoms with E-state index in [1.807, 2.05) is 20.8 Å². The molecule has 2 saturated carbocycles. The highest BCUT2D eigenvalue weighted by Gasteiger charge is 2.45. The molecule has 0 aromatic heterocycles. The van der Waals surface area contributed by atoms with E-state index in [0.29, 0.717) is 11.8 Å². The van der Waals surface area contributed by atoms with Crippen molar-refractivity contribution in [3.05, 3.63) is 0 Å². The van der Waals surface area contributed by atoms with Gasteiger partial charge in [-0.2, -0.15) is 0 Å². The summed E-state index contributed by atoms with van der Waals surface area (Å²) in [5.41, 5.74) is -1.11. The Hall–Kier alpha value is -0.570. The minimum atomic E-state index is -0.521. The molecule has 3 heteroatoms. The van der Waals surface area contributed by atoms with Gasteiger partial charge in [-0.05, 0) is 70.1 Å². The first-order valence-electron chi connectivity index (χ1n) is 8.34. The fourth-order valence-electron chi connectivity index (χ4n) is 3.87. The maximum atomic E-state index is 12.6. The predicted molar refractivity (Wildman–Crippen MR) is 83.8 cm³/mol. The summed E-state index contributed by atoms with van der Waals surface area (Å²) in [6, 6.07) is 0. The molecule has 0 amide bonds. The van der Waals surface area contributed by atoms with E-state index in [-0.39, 0.29) is 17.5 Å². The second-order valence-electron chi connectivity index (χ2n) is 9.25. The van der Waals surface area contributed by atoms with Crippen LogP contribution in [0.5, 0.6) is 0 Å². The van der Waals surface area contributed by atoms with Gasteiger partial charge in [0.1, 0.15) is 6.10 Å². The third-order valence-corrected chi connectivity index (χ3v) is 5.97. The summed E-state index contributed by atoms with van der Waals surface area (Å²) in [6.07, 6.45) is 4.75. The van der Waals surface area contributed by atoms with E-state index < -0.39 is 11.0 Å². The number of aliphatic hydroxyl groups is 1. The molecule has 2 unspecified atom stereocenters. The first-order chi connectivity index (χ1) is 9.41. The zero-order valence-electron chi connectivity index (χ0n) is 14.5. The summed E-state index contributed by atoms with van der Waals surface area (Å²) in [5, 5.41) is 10.3. The quantitative estimate of drug-likeness (QED) is 0.785. The number of fused-ring (bicyclic) bond motifs is 2. The van der Waals surface area contributed by atoms with Crippen molar-refractivity contribution in [3.8, 4) is 0 Å². The number of hydrogen-bond acceptors (Lipinski definition) is 3. The molecule has 1 N–H and O–H groups in total. The first-order valence-corrected chi connectivity index (χ1v) is 8.34. The topological polar surface area (TPSA) is 46.5 Å². The summed E-state index contributed by atoms with van der Waals surface area (Å²) >= 11 is 0. The average Bonchev–Trinajstić information content (AvgIpc) is 2.23. The number of esters is 1. The van der Waals surface area contributed by atoms with Crippen LogP contribution in [0.2, 0.25) is 0 Å². The van der Waals surface area contributed by atoms with Crippen LogP contribution in [0, 0.1) is 22.7 Å². The van der Waals surface area contributed by atoms with Gasteiger partial charge in [0, 0.05) is 0 Å². The fraction of sp³-hybridized carbons (Fsp3) is 0.944. The monoisotopic (exact) mass is 296 g/mol. The Morgan fingerprint density at radius 1 is 1.05 bits per heavy atom. The highest BCUT2D eigenvalue weighted by molar-refractivity contribution is 5.77. The molecule has 0 aliphatic heterocycles. The van der Waals surface area contributed by atoms with Crippen LogP contribution in [-0.4, -0.2) is 22.8 Å². The second-order valence-corrected chi connectivity index (χ2v) is 9.25. The number of carbonyl (C=O) groups is 1. The standard InChI is InChI=1S/C18H32O3/c1-16(2,3)17(4,5)15(19)21-14-8-12-7-13(9-14)11-18(6,20)10-12/h12-14,20H,7-11H2,1-6H3. The summed E-state index contributed by atoms with van der Waals surface area (Å²) in [5.74, 6) is 0.929. The molecule has 0 heterocycles. The second kappa shape index (κ2) is 5.26. The van der Waals surface area contributed by atoms with E-state index in [9.17, 15) is 9.90 Å². The van der Waals surface area contributed by atoms with E-state index in [4.69, 9.17) is 4.74 Å². The molecular formula is C18H32O3. The molecule has 122 valence electrons. The average molecular weight is 296 g/mol. The molecule has 2 atom stereocenters. The zero-order chi connectivity index (χ0) is 16.1. The van der Waals surface area contributed by atoms with Crippen molar-refractivity contribution in [3.63, 3.8) is 0 Å². The minimum Gasteiger partial charge on any atom is -0.462 e. The fourth-order valence-corrected chi connectivity index (χ4v) is 3.87. The molecule has 0 aromatic rings. The van der Waals surface area contributed by atoms with Crippen molar-refractivity contribution < 1.29 is 14.6 Å². The molecule has 2 aliphatic carbocycles. The normalized spacial score (nSPS) is 37.2. The van der Waals surface area contributed by atoms with E-state index in [2.05, 4.69) is 20.8 Å². The van der Waals surface area contributed by atoms with Crippen LogP contribution in [-0.2, 0) is 9.53 Å². The third kappa shape index (κ3) is 3.61. The lowest BCUT2D eigenvalue weighted by Crippen LogP contribution is -2.45. The molecule has 21 heavy (non-hydrogen) atoms. The van der Waals surface area contributed by atoms with Crippen molar-refractivity contribution in [2.24, 2.45) is 22.7 Å². The molecule has 0 saturated heterocycles. The molecule has 2 aliphatic rings. The SMILES string of the molecule is CC1(O)CC2CC(CC(OC(=O)C(C)(C)C(C)(C)C)C2)C1. The summed E-state index contributed by atoms with van der Waals surface area (Å²) in [4.78, 5) is 12.6. The van der Waals surface area contributed by atoms with E-state index >= 15 is 0 Å². The Morgan fingerprint density at radius 2 is 1.52 bits per heavy atom. The van der Waals surface area contributed by atoms with Gasteiger partial charge in [-0.3, -0.25) is 4.79 Å². The van der Waals surface area contributed by atoms with Crippen LogP contribution < -0.4 is 0 Å². The van der Waals surface area contributed by atoms with Crippen LogP contribution in [0.4, 0.5) is 0 Å². The zero-order valence-corrected chi connectivity index (χ0v) is 14.5. The molecule has 2 rings (SSSR count). The Balaban J connectivity index is 1.98. The van der Waals surface area contributed by atoms with Gasteiger partial charge in [0.25, 0.3) is 0 Å². The Morgan fingerprint density at radius 3 is 1.95 bits per heavy atom. The maximum Gasteiger partial charge on any atom is 0.312 e. The van der Waals surface area contributed by atoms with Crippen molar-refractivity contribution in [2.75, 3.05) is 0 Å². The van der Waals surface area contributed by atoms with E-state index in [1.54, 1.807) is 0 Å². The number of hydrogen-bond donors (Lipinski definition) is 1. The molecule has 3 nitrogen and oxygen atoms in total. The molecular weight excluding hydrogens is 264 g/mol. The summed E-state index contributed by atoms with van der Waals surface area (Å²) < 4.78 is 5.87. The third-order valence-electron chi connectivity index (χ3n) is 5.97. The first kappa shape index (κ1) is 16.8. The van der Waals surface area contributed by atoms with Crippen LogP contribution in [0.1, 0.15) is 73.6 Å². The van der Waals surface area contributed by atoms with E-state index in [1.165, 1.54) is 6.42 Å². The van der Waals surface area contributed by atoms with Crippen molar-refractivity contribution in [2.45, 2.75) is 85.4 Å². The lowest BCUT2D eigenvalue weighted by atomic mass is 9.65. The van der Waals surface area contributed by atoms with Gasteiger partial charge in [0.2, 0.25) is 0 Å².